The van der Waals surface area contributed by atoms with Gasteiger partial charge in [-0.15, -0.1) is 5.10 Å². The normalized spacial score (nSPS) is 14.2. The number of fused-ring (bicyclic) bond motifs is 1. The van der Waals surface area contributed by atoms with Crippen molar-refractivity contribution in [1.29, 1.82) is 0 Å². The molecule has 1 saturated heterocycles. The van der Waals surface area contributed by atoms with Gasteiger partial charge in [-0.1, -0.05) is 0 Å². The molecule has 0 N–H and O–H groups in total. The summed E-state index contributed by atoms with van der Waals surface area (Å²) >= 11 is 0. The van der Waals surface area contributed by atoms with Crippen molar-refractivity contribution in [2.24, 2.45) is 7.05 Å². The summed E-state index contributed by atoms with van der Waals surface area (Å²) in [7, 11) is 1.86. The van der Waals surface area contributed by atoms with E-state index in [0.717, 1.165) is 17.8 Å². The number of anilines is 1. The number of carbonyl (C=O) groups excluding carboxylic acids is 1. The number of nitrogens with zero attached hydrogens (tertiary/aromatic N) is 7. The number of hydrogen-bond donors (Lipinski definition) is 0. The van der Waals surface area contributed by atoms with Crippen LogP contribution in [-0.2, 0) is 11.8 Å². The van der Waals surface area contributed by atoms with Gasteiger partial charge in [0.2, 0.25) is 11.7 Å². The lowest BCUT2D eigenvalue weighted by Crippen LogP contribution is -2.23. The number of aryl methyl sites for hydroxylation is 3. The summed E-state index contributed by atoms with van der Waals surface area (Å²) in [5.41, 5.74) is 2.50. The lowest BCUT2D eigenvalue weighted by molar-refractivity contribution is -0.117. The first-order chi connectivity index (χ1) is 12.0. The Morgan fingerprint density at radius 1 is 1.20 bits per heavy atom. The Hall–Kier alpha value is -3.21. The maximum atomic E-state index is 11.8. The second-order valence-electron chi connectivity index (χ2n) is 6.07. The van der Waals surface area contributed by atoms with E-state index in [2.05, 4.69) is 31.9 Å². The van der Waals surface area contributed by atoms with Gasteiger partial charge in [0.05, 0.1) is 17.6 Å². The molecule has 0 saturated carbocycles. The molecule has 3 aromatic rings. The van der Waals surface area contributed by atoms with E-state index in [0.29, 0.717) is 36.1 Å². The lowest BCUT2D eigenvalue weighted by Gasteiger charge is -2.10. The highest BCUT2D eigenvalue weighted by Gasteiger charge is 2.24. The van der Waals surface area contributed by atoms with Gasteiger partial charge in [-0.3, -0.25) is 14.7 Å². The molecule has 0 bridgehead atoms. The van der Waals surface area contributed by atoms with E-state index in [1.54, 1.807) is 20.2 Å². The van der Waals surface area contributed by atoms with Gasteiger partial charge in [0.15, 0.2) is 17.3 Å². The van der Waals surface area contributed by atoms with Crippen molar-refractivity contribution in [2.45, 2.75) is 26.7 Å². The van der Waals surface area contributed by atoms with E-state index in [-0.39, 0.29) is 5.91 Å². The molecule has 4 rings (SSSR count). The van der Waals surface area contributed by atoms with E-state index < -0.39 is 0 Å². The van der Waals surface area contributed by atoms with Gasteiger partial charge < -0.3 is 4.57 Å². The summed E-state index contributed by atoms with van der Waals surface area (Å²) in [6.45, 7) is 4.58. The minimum Gasteiger partial charge on any atom is -0.325 e. The highest BCUT2D eigenvalue weighted by molar-refractivity contribution is 5.94. The van der Waals surface area contributed by atoms with Gasteiger partial charge >= 0.3 is 0 Å². The predicted molar refractivity (Wildman–Crippen MR) is 91.0 cm³/mol. The van der Waals surface area contributed by atoms with Crippen molar-refractivity contribution in [1.82, 2.24) is 29.1 Å². The Kier molecular flexibility index (Phi) is 3.50. The largest absolute Gasteiger partial charge is 0.325 e. The molecule has 0 atom stereocenters. The molecule has 0 spiro atoms. The molecule has 0 aromatic carbocycles. The molecule has 126 valence electrons. The van der Waals surface area contributed by atoms with E-state index >= 15 is 0 Å². The zero-order valence-corrected chi connectivity index (χ0v) is 14.3. The summed E-state index contributed by atoms with van der Waals surface area (Å²) in [6, 6.07) is 0. The van der Waals surface area contributed by atoms with Crippen molar-refractivity contribution in [2.75, 3.05) is 11.4 Å². The fraction of sp³-hybridized carbons (Fsp3) is 0.353. The summed E-state index contributed by atoms with van der Waals surface area (Å²) in [5, 5.41) is 4.40. The van der Waals surface area contributed by atoms with Crippen LogP contribution in [0.3, 0.4) is 0 Å². The summed E-state index contributed by atoms with van der Waals surface area (Å²) < 4.78 is 3.54. The number of amides is 1. The molecule has 0 aliphatic carbocycles. The second kappa shape index (κ2) is 5.70. The quantitative estimate of drug-likeness (QED) is 0.620. The predicted octanol–water partition coefficient (Wildman–Crippen LogP) is 1.00. The molecule has 1 amide bonds. The molecular weight excluding hydrogens is 318 g/mol. The van der Waals surface area contributed by atoms with Crippen molar-refractivity contribution in [3.63, 3.8) is 0 Å². The maximum absolute atomic E-state index is 11.8. The van der Waals surface area contributed by atoms with Crippen LogP contribution >= 0.6 is 0 Å². The van der Waals surface area contributed by atoms with Crippen LogP contribution in [0.1, 0.15) is 35.9 Å². The molecule has 1 aliphatic rings. The molecule has 0 radical (unpaired) electrons. The lowest BCUT2D eigenvalue weighted by atomic mass is 10.3. The van der Waals surface area contributed by atoms with Crippen molar-refractivity contribution in [3.05, 3.63) is 35.4 Å². The Labute approximate surface area is 144 Å². The van der Waals surface area contributed by atoms with Crippen LogP contribution in [0.2, 0.25) is 0 Å². The summed E-state index contributed by atoms with van der Waals surface area (Å²) in [5.74, 6) is 7.67. The van der Waals surface area contributed by atoms with Crippen molar-refractivity contribution < 1.29 is 4.79 Å². The van der Waals surface area contributed by atoms with Crippen molar-refractivity contribution >= 4 is 17.4 Å². The molecule has 3 aromatic heterocycles. The molecule has 1 fully saturated rings. The Bertz CT molecular complexity index is 1050. The molecule has 25 heavy (non-hydrogen) atoms. The third kappa shape index (κ3) is 2.63. The van der Waals surface area contributed by atoms with Crippen molar-refractivity contribution in [3.8, 4) is 11.8 Å². The number of imidazole rings is 1. The van der Waals surface area contributed by atoms with Crippen LogP contribution in [0.5, 0.6) is 0 Å². The minimum atomic E-state index is 0.109. The van der Waals surface area contributed by atoms with Crippen LogP contribution in [0.15, 0.2) is 12.4 Å². The average molecular weight is 335 g/mol. The average Bonchev–Trinajstić information content (AvgIpc) is 3.28. The maximum Gasteiger partial charge on any atom is 0.228 e. The van der Waals surface area contributed by atoms with Gasteiger partial charge in [0, 0.05) is 26.2 Å². The Balaban J connectivity index is 1.66. The monoisotopic (exact) mass is 335 g/mol. The molecule has 8 heteroatoms. The minimum absolute atomic E-state index is 0.109. The van der Waals surface area contributed by atoms with Crippen LogP contribution in [0.4, 0.5) is 5.82 Å². The standard InChI is InChI=1S/C17H17N7O/c1-11-12(2)24-15(9-18-11)19-13(21-24)6-7-14-20-16(10-22(14)3)23-8-4-5-17(23)25/h9-10H,4-5,8H2,1-3H3. The van der Waals surface area contributed by atoms with E-state index in [1.165, 1.54) is 0 Å². The topological polar surface area (TPSA) is 81.2 Å². The van der Waals surface area contributed by atoms with Gasteiger partial charge in [0.1, 0.15) is 0 Å². The number of rotatable bonds is 1. The van der Waals surface area contributed by atoms with Gasteiger partial charge in [0.25, 0.3) is 0 Å². The molecule has 8 nitrogen and oxygen atoms in total. The highest BCUT2D eigenvalue weighted by atomic mass is 16.2. The third-order valence-corrected chi connectivity index (χ3v) is 4.35. The molecule has 4 heterocycles. The first kappa shape index (κ1) is 15.3. The van der Waals surface area contributed by atoms with E-state index in [1.807, 2.05) is 27.1 Å². The SMILES string of the molecule is Cc1ncc2nc(C#Cc3nc(N4CCCC4=O)cn3C)nn2c1C. The number of carbonyl (C=O) groups is 1. The van der Waals surface area contributed by atoms with Crippen LogP contribution < -0.4 is 4.90 Å². The van der Waals surface area contributed by atoms with Gasteiger partial charge in [-0.25, -0.2) is 9.50 Å². The summed E-state index contributed by atoms with van der Waals surface area (Å²) in [6.07, 6.45) is 4.95. The third-order valence-electron chi connectivity index (χ3n) is 4.35. The summed E-state index contributed by atoms with van der Waals surface area (Å²) in [4.78, 5) is 26.7. The fourth-order valence-corrected chi connectivity index (χ4v) is 2.81. The zero-order chi connectivity index (χ0) is 17.6. The van der Waals surface area contributed by atoms with Crippen LogP contribution in [-0.4, -0.2) is 41.6 Å². The Morgan fingerprint density at radius 2 is 2.04 bits per heavy atom. The van der Waals surface area contributed by atoms with Gasteiger partial charge in [-0.2, -0.15) is 4.98 Å². The Morgan fingerprint density at radius 3 is 2.80 bits per heavy atom. The molecule has 1 aliphatic heterocycles. The van der Waals surface area contributed by atoms with Gasteiger partial charge in [-0.05, 0) is 32.1 Å². The highest BCUT2D eigenvalue weighted by Crippen LogP contribution is 2.19. The van der Waals surface area contributed by atoms with E-state index in [9.17, 15) is 4.79 Å². The van der Waals surface area contributed by atoms with E-state index in [4.69, 9.17) is 0 Å². The first-order valence-corrected chi connectivity index (χ1v) is 8.07. The van der Waals surface area contributed by atoms with Crippen LogP contribution in [0.25, 0.3) is 5.65 Å². The number of hydrogen-bond acceptors (Lipinski definition) is 5. The second-order valence-corrected chi connectivity index (χ2v) is 6.07. The zero-order valence-electron chi connectivity index (χ0n) is 14.3. The molecular formula is C17H17N7O. The van der Waals surface area contributed by atoms with Crippen LogP contribution in [0, 0.1) is 25.7 Å². The fourth-order valence-electron chi connectivity index (χ4n) is 2.81. The first-order valence-electron chi connectivity index (χ1n) is 8.07. The molecule has 0 unspecified atom stereocenters. The smallest absolute Gasteiger partial charge is 0.228 e. The number of aromatic nitrogens is 6.